The lowest BCUT2D eigenvalue weighted by molar-refractivity contribution is -0.128. The maximum atomic E-state index is 12.2. The number of carbonyl (C=O) groups is 3. The van der Waals surface area contributed by atoms with E-state index in [-0.39, 0.29) is 24.7 Å². The second kappa shape index (κ2) is 8.48. The van der Waals surface area contributed by atoms with Crippen LogP contribution in [-0.2, 0) is 20.8 Å². The van der Waals surface area contributed by atoms with Crippen LogP contribution in [-0.4, -0.2) is 40.3 Å². The lowest BCUT2D eigenvalue weighted by Gasteiger charge is -2.16. The Labute approximate surface area is 149 Å². The Bertz CT molecular complexity index is 789. The van der Waals surface area contributed by atoms with Gasteiger partial charge in [0.2, 0.25) is 17.7 Å². The molecule has 134 valence electrons. The van der Waals surface area contributed by atoms with Gasteiger partial charge in [0.05, 0.1) is 11.0 Å². The molecule has 1 aromatic carbocycles. The van der Waals surface area contributed by atoms with Gasteiger partial charge in [-0.3, -0.25) is 14.4 Å². The molecule has 9 heteroatoms. The molecular formula is C16H20ClN5O3. The van der Waals surface area contributed by atoms with Crippen molar-refractivity contribution in [2.24, 2.45) is 5.73 Å². The summed E-state index contributed by atoms with van der Waals surface area (Å²) in [6.45, 7) is 1.64. The molecule has 2 rings (SSSR count). The highest BCUT2D eigenvalue weighted by molar-refractivity contribution is 6.31. The average Bonchev–Trinajstić information content (AvgIpc) is 2.92. The van der Waals surface area contributed by atoms with Crippen molar-refractivity contribution in [3.05, 3.63) is 29.0 Å². The van der Waals surface area contributed by atoms with E-state index in [1.165, 1.54) is 6.92 Å². The van der Waals surface area contributed by atoms with Gasteiger partial charge < -0.3 is 21.4 Å². The number of benzene rings is 1. The van der Waals surface area contributed by atoms with E-state index in [0.717, 1.165) is 11.0 Å². The predicted octanol–water partition coefficient (Wildman–Crippen LogP) is 0.645. The topological polar surface area (TPSA) is 130 Å². The third-order valence-corrected chi connectivity index (χ3v) is 3.76. The summed E-state index contributed by atoms with van der Waals surface area (Å²) in [5.41, 5.74) is 6.71. The van der Waals surface area contributed by atoms with Crippen LogP contribution in [0.25, 0.3) is 11.0 Å². The molecule has 1 aromatic heterocycles. The number of nitrogens with one attached hydrogen (secondary N) is 3. The van der Waals surface area contributed by atoms with Crippen LogP contribution in [0.2, 0.25) is 5.02 Å². The first kappa shape index (κ1) is 18.7. The number of primary amides is 1. The second-order valence-electron chi connectivity index (χ2n) is 5.64. The fourth-order valence-electron chi connectivity index (χ4n) is 2.38. The van der Waals surface area contributed by atoms with Gasteiger partial charge in [0, 0.05) is 31.3 Å². The summed E-state index contributed by atoms with van der Waals surface area (Å²) in [6, 6.07) is 4.56. The van der Waals surface area contributed by atoms with Crippen LogP contribution in [0.5, 0.6) is 0 Å². The van der Waals surface area contributed by atoms with Gasteiger partial charge in [-0.25, -0.2) is 4.98 Å². The van der Waals surface area contributed by atoms with Crippen LogP contribution in [0.15, 0.2) is 18.2 Å². The molecular weight excluding hydrogens is 346 g/mol. The number of nitrogens with zero attached hydrogens (tertiary/aromatic N) is 1. The Morgan fingerprint density at radius 2 is 2.12 bits per heavy atom. The van der Waals surface area contributed by atoms with Crippen LogP contribution in [0, 0.1) is 0 Å². The fraction of sp³-hybridized carbons (Fsp3) is 0.375. The number of hydrogen-bond donors (Lipinski definition) is 4. The first-order chi connectivity index (χ1) is 11.8. The molecule has 25 heavy (non-hydrogen) atoms. The first-order valence-electron chi connectivity index (χ1n) is 7.82. The summed E-state index contributed by atoms with van der Waals surface area (Å²) in [7, 11) is 0. The average molecular weight is 366 g/mol. The molecule has 0 aliphatic heterocycles. The van der Waals surface area contributed by atoms with Gasteiger partial charge >= 0.3 is 0 Å². The quantitative estimate of drug-likeness (QED) is 0.547. The Kier molecular flexibility index (Phi) is 6.35. The molecule has 3 amide bonds. The van der Waals surface area contributed by atoms with Gasteiger partial charge in [-0.1, -0.05) is 11.6 Å². The second-order valence-corrected chi connectivity index (χ2v) is 6.08. The summed E-state index contributed by atoms with van der Waals surface area (Å²) in [5.74, 6) is -0.524. The number of halogens is 1. The third kappa shape index (κ3) is 5.75. The largest absolute Gasteiger partial charge is 0.370 e. The summed E-state index contributed by atoms with van der Waals surface area (Å²) in [6.07, 6.45) is 0.660. The number of aromatic amines is 1. The van der Waals surface area contributed by atoms with Gasteiger partial charge in [0.25, 0.3) is 0 Å². The molecule has 8 nitrogen and oxygen atoms in total. The SMILES string of the molecule is CC(=O)N[C@@H](CCC(N)=O)C(=O)NCCc1nc2ccc(Cl)cc2[nH]1. The first-order valence-corrected chi connectivity index (χ1v) is 8.20. The molecule has 1 heterocycles. The van der Waals surface area contributed by atoms with Crippen LogP contribution in [0.3, 0.4) is 0 Å². The molecule has 0 fully saturated rings. The highest BCUT2D eigenvalue weighted by Gasteiger charge is 2.19. The smallest absolute Gasteiger partial charge is 0.242 e. The molecule has 1 atom stereocenters. The fourth-order valence-corrected chi connectivity index (χ4v) is 2.55. The van der Waals surface area contributed by atoms with Gasteiger partial charge in [-0.05, 0) is 24.6 Å². The standard InChI is InChI=1S/C16H20ClN5O3/c1-9(23)20-12(4-5-14(18)24)16(25)19-7-6-15-21-11-3-2-10(17)8-13(11)22-15/h2-3,8,12H,4-7H2,1H3,(H2,18,24)(H,19,25)(H,20,23)(H,21,22)/t12-/m0/s1. The number of imidazole rings is 1. The minimum absolute atomic E-state index is 0.0166. The van der Waals surface area contributed by atoms with E-state index >= 15 is 0 Å². The van der Waals surface area contributed by atoms with Crippen molar-refractivity contribution in [3.8, 4) is 0 Å². The number of fused-ring (bicyclic) bond motifs is 1. The zero-order valence-electron chi connectivity index (χ0n) is 13.8. The van der Waals surface area contributed by atoms with Crippen molar-refractivity contribution in [2.75, 3.05) is 6.54 Å². The molecule has 0 bridgehead atoms. The normalized spacial score (nSPS) is 11.9. The molecule has 5 N–H and O–H groups in total. The number of hydrogen-bond acceptors (Lipinski definition) is 4. The van der Waals surface area contributed by atoms with E-state index in [1.807, 2.05) is 6.07 Å². The van der Waals surface area contributed by atoms with E-state index in [4.69, 9.17) is 17.3 Å². The van der Waals surface area contributed by atoms with E-state index in [0.29, 0.717) is 23.8 Å². The van der Waals surface area contributed by atoms with E-state index < -0.39 is 11.9 Å². The zero-order chi connectivity index (χ0) is 18.4. The van der Waals surface area contributed by atoms with Crippen molar-refractivity contribution in [2.45, 2.75) is 32.2 Å². The number of amides is 3. The van der Waals surface area contributed by atoms with Crippen LogP contribution < -0.4 is 16.4 Å². The molecule has 0 radical (unpaired) electrons. The molecule has 2 aromatic rings. The minimum Gasteiger partial charge on any atom is -0.370 e. The predicted molar refractivity (Wildman–Crippen MR) is 93.9 cm³/mol. The molecule has 0 aliphatic rings. The third-order valence-electron chi connectivity index (χ3n) is 3.53. The minimum atomic E-state index is -0.792. The van der Waals surface area contributed by atoms with Crippen LogP contribution >= 0.6 is 11.6 Å². The lowest BCUT2D eigenvalue weighted by atomic mass is 10.1. The van der Waals surface area contributed by atoms with Crippen molar-refractivity contribution in [3.63, 3.8) is 0 Å². The maximum absolute atomic E-state index is 12.2. The number of H-pyrrole nitrogens is 1. The van der Waals surface area contributed by atoms with Crippen molar-refractivity contribution in [1.29, 1.82) is 0 Å². The molecule has 0 spiro atoms. The number of rotatable bonds is 8. The molecule has 0 unspecified atom stereocenters. The van der Waals surface area contributed by atoms with E-state index in [9.17, 15) is 14.4 Å². The number of aromatic nitrogens is 2. The Morgan fingerprint density at radius 1 is 1.36 bits per heavy atom. The Hall–Kier alpha value is -2.61. The maximum Gasteiger partial charge on any atom is 0.242 e. The summed E-state index contributed by atoms with van der Waals surface area (Å²) in [5, 5.41) is 5.85. The van der Waals surface area contributed by atoms with Crippen molar-refractivity contribution in [1.82, 2.24) is 20.6 Å². The van der Waals surface area contributed by atoms with Crippen molar-refractivity contribution < 1.29 is 14.4 Å². The van der Waals surface area contributed by atoms with Gasteiger partial charge in [-0.2, -0.15) is 0 Å². The van der Waals surface area contributed by atoms with Gasteiger partial charge in [0.15, 0.2) is 0 Å². The number of carbonyl (C=O) groups excluding carboxylic acids is 3. The van der Waals surface area contributed by atoms with E-state index in [2.05, 4.69) is 20.6 Å². The Balaban J connectivity index is 1.89. The van der Waals surface area contributed by atoms with Gasteiger partial charge in [-0.15, -0.1) is 0 Å². The molecule has 0 saturated carbocycles. The van der Waals surface area contributed by atoms with Crippen LogP contribution in [0.4, 0.5) is 0 Å². The molecule has 0 aliphatic carbocycles. The lowest BCUT2D eigenvalue weighted by Crippen LogP contribution is -2.47. The molecule has 0 saturated heterocycles. The Morgan fingerprint density at radius 3 is 2.80 bits per heavy atom. The summed E-state index contributed by atoms with van der Waals surface area (Å²) < 4.78 is 0. The summed E-state index contributed by atoms with van der Waals surface area (Å²) in [4.78, 5) is 41.8. The zero-order valence-corrected chi connectivity index (χ0v) is 14.5. The monoisotopic (exact) mass is 365 g/mol. The van der Waals surface area contributed by atoms with E-state index in [1.54, 1.807) is 12.1 Å². The van der Waals surface area contributed by atoms with Crippen molar-refractivity contribution >= 4 is 40.4 Å². The van der Waals surface area contributed by atoms with Crippen LogP contribution in [0.1, 0.15) is 25.6 Å². The number of nitrogens with two attached hydrogens (primary N) is 1. The summed E-state index contributed by atoms with van der Waals surface area (Å²) >= 11 is 5.93. The highest BCUT2D eigenvalue weighted by Crippen LogP contribution is 2.17. The highest BCUT2D eigenvalue weighted by atomic mass is 35.5. The van der Waals surface area contributed by atoms with Gasteiger partial charge in [0.1, 0.15) is 11.9 Å².